The standard InChI is InChI=1S/C9H10O.3C7H14O.C6H12O.C5H10O.C4H9NO/c1-8(10)7-9-5-3-2-4-6-9;1-6(8)5-7(2,3)4;1-6(2)4-5-7(3)8;1-4-6(2)5-7(3)8;1-5(2)4-6(3)7;1-3-4-5(2)6;1-4(6)5(2)3/h2-6H,7H2,1H3;5H2,1-4H3;2*6H,4-5H2,1-3H3;5H,4H2,1-3H3;3-4H2,1-2H3;1-3H3. The minimum atomic E-state index is 0.0926. The first-order valence-electron chi connectivity index (χ1n) is 19.2. The summed E-state index contributed by atoms with van der Waals surface area (Å²) in [4.78, 5) is 73.7. The van der Waals surface area contributed by atoms with E-state index in [0.29, 0.717) is 42.2 Å². The molecule has 0 saturated heterocycles. The molecule has 310 valence electrons. The Morgan fingerprint density at radius 2 is 1.00 bits per heavy atom. The predicted octanol–water partition coefficient (Wildman–Crippen LogP) is 10.9. The van der Waals surface area contributed by atoms with Gasteiger partial charge in [-0.2, -0.15) is 0 Å². The van der Waals surface area contributed by atoms with Gasteiger partial charge in [0.25, 0.3) is 0 Å². The topological polar surface area (TPSA) is 123 Å². The highest BCUT2D eigenvalue weighted by Gasteiger charge is 2.11. The molecule has 0 bridgehead atoms. The average Bonchev–Trinajstić information content (AvgIpc) is 2.96. The maximum Gasteiger partial charge on any atom is 0.218 e. The van der Waals surface area contributed by atoms with E-state index in [4.69, 9.17) is 0 Å². The number of ketones is 6. The van der Waals surface area contributed by atoms with Crippen LogP contribution >= 0.6 is 0 Å². The lowest BCUT2D eigenvalue weighted by Crippen LogP contribution is -2.17. The van der Waals surface area contributed by atoms with Crippen molar-refractivity contribution < 1.29 is 33.6 Å². The highest BCUT2D eigenvalue weighted by molar-refractivity contribution is 5.78. The minimum Gasteiger partial charge on any atom is -0.349 e. The molecule has 0 aliphatic carbocycles. The van der Waals surface area contributed by atoms with E-state index >= 15 is 0 Å². The summed E-state index contributed by atoms with van der Waals surface area (Å²) < 4.78 is 0. The fourth-order valence-electron chi connectivity index (χ4n) is 3.68. The van der Waals surface area contributed by atoms with E-state index in [0.717, 1.165) is 50.5 Å². The third kappa shape index (κ3) is 83.3. The molecule has 0 aliphatic heterocycles. The summed E-state index contributed by atoms with van der Waals surface area (Å²) >= 11 is 0. The lowest BCUT2D eigenvalue weighted by molar-refractivity contribution is -0.126. The number of carbonyl (C=O) groups excluding carboxylic acids is 7. The fourth-order valence-corrected chi connectivity index (χ4v) is 3.68. The predicted molar refractivity (Wildman–Crippen MR) is 225 cm³/mol. The van der Waals surface area contributed by atoms with Gasteiger partial charge in [-0.1, -0.05) is 106 Å². The minimum absolute atomic E-state index is 0.0926. The zero-order valence-electron chi connectivity index (χ0n) is 37.8. The van der Waals surface area contributed by atoms with E-state index in [-0.39, 0.29) is 34.5 Å². The lowest BCUT2D eigenvalue weighted by atomic mass is 9.91. The summed E-state index contributed by atoms with van der Waals surface area (Å²) in [5.41, 5.74) is 1.27. The van der Waals surface area contributed by atoms with Gasteiger partial charge in [-0.3, -0.25) is 9.59 Å². The molecule has 1 rings (SSSR count). The first-order chi connectivity index (χ1) is 24.0. The van der Waals surface area contributed by atoms with Crippen molar-refractivity contribution in [3.05, 3.63) is 35.9 Å². The highest BCUT2D eigenvalue weighted by atomic mass is 16.2. The van der Waals surface area contributed by atoms with Gasteiger partial charge in [0.2, 0.25) is 5.91 Å². The van der Waals surface area contributed by atoms with Gasteiger partial charge in [0, 0.05) is 59.5 Å². The van der Waals surface area contributed by atoms with E-state index in [1.807, 2.05) is 51.1 Å². The van der Waals surface area contributed by atoms with Crippen LogP contribution < -0.4 is 0 Å². The van der Waals surface area contributed by atoms with E-state index in [2.05, 4.69) is 48.5 Å². The molecular weight excluding hydrogens is 666 g/mol. The van der Waals surface area contributed by atoms with Crippen molar-refractivity contribution in [3.63, 3.8) is 0 Å². The zero-order chi connectivity index (χ0) is 43.3. The number of Topliss-reactive ketones (excluding diaryl/α,β-unsaturated/α-hetero) is 6. The molecule has 1 unspecified atom stereocenters. The Kier molecular flexibility index (Phi) is 46.5. The summed E-state index contributed by atoms with van der Waals surface area (Å²) in [6.45, 7) is 32.0. The van der Waals surface area contributed by atoms with Gasteiger partial charge in [0.1, 0.15) is 34.7 Å². The molecule has 8 nitrogen and oxygen atoms in total. The molecule has 1 aromatic carbocycles. The number of hydrogen-bond acceptors (Lipinski definition) is 7. The van der Waals surface area contributed by atoms with Crippen LogP contribution in [0.15, 0.2) is 30.3 Å². The first-order valence-corrected chi connectivity index (χ1v) is 19.2. The Balaban J connectivity index is -0.000000122. The van der Waals surface area contributed by atoms with Crippen LogP contribution in [0.3, 0.4) is 0 Å². The Hall–Kier alpha value is -3.29. The SMILES string of the molecule is CC(=O)CC(C)(C)C.CC(=O)CC(C)C.CC(=O)CCC(C)C.CC(=O)Cc1ccccc1.CC(=O)N(C)C.CCC(C)CC(C)=O.CCCC(C)=O. The summed E-state index contributed by atoms with van der Waals surface area (Å²) in [6.07, 6.45) is 7.33. The van der Waals surface area contributed by atoms with E-state index in [1.165, 1.54) is 11.8 Å². The number of amides is 1. The molecule has 0 heterocycles. The maximum atomic E-state index is 10.6. The highest BCUT2D eigenvalue weighted by Crippen LogP contribution is 2.17. The van der Waals surface area contributed by atoms with Crippen molar-refractivity contribution >= 4 is 40.6 Å². The van der Waals surface area contributed by atoms with Gasteiger partial charge < -0.3 is 28.9 Å². The van der Waals surface area contributed by atoms with E-state index < -0.39 is 0 Å². The van der Waals surface area contributed by atoms with Crippen molar-refractivity contribution in [2.24, 2.45) is 23.2 Å². The van der Waals surface area contributed by atoms with Crippen molar-refractivity contribution in [2.45, 2.75) is 175 Å². The Morgan fingerprint density at radius 3 is 1.13 bits per heavy atom. The number of benzene rings is 1. The normalized spacial score (nSPS) is 10.1. The maximum absolute atomic E-state index is 10.6. The second-order valence-corrected chi connectivity index (χ2v) is 16.0. The largest absolute Gasteiger partial charge is 0.349 e. The molecule has 0 radical (unpaired) electrons. The third-order valence-corrected chi connectivity index (χ3v) is 6.41. The molecule has 0 saturated carbocycles. The van der Waals surface area contributed by atoms with E-state index in [1.54, 1.807) is 55.6 Å². The van der Waals surface area contributed by atoms with Crippen LogP contribution in [0.4, 0.5) is 0 Å². The van der Waals surface area contributed by atoms with Crippen LogP contribution in [0, 0.1) is 23.2 Å². The molecule has 0 N–H and O–H groups in total. The summed E-state index contributed by atoms with van der Waals surface area (Å²) in [7, 11) is 3.45. The van der Waals surface area contributed by atoms with Gasteiger partial charge in [-0.15, -0.1) is 0 Å². The van der Waals surface area contributed by atoms with Crippen LogP contribution in [-0.4, -0.2) is 59.6 Å². The number of hydrogen-bond donors (Lipinski definition) is 0. The molecule has 1 amide bonds. The van der Waals surface area contributed by atoms with Gasteiger partial charge in [-0.25, -0.2) is 0 Å². The fraction of sp³-hybridized carbons (Fsp3) is 0.711. The molecule has 53 heavy (non-hydrogen) atoms. The summed E-state index contributed by atoms with van der Waals surface area (Å²) in [6, 6.07) is 9.75. The van der Waals surface area contributed by atoms with Gasteiger partial charge in [0.05, 0.1) is 0 Å². The van der Waals surface area contributed by atoms with Gasteiger partial charge in [-0.05, 0) is 83.1 Å². The number of rotatable bonds is 13. The molecular formula is C45H83NO7. The Labute approximate surface area is 327 Å². The number of carbonyl (C=O) groups is 7. The van der Waals surface area contributed by atoms with Crippen LogP contribution in [0.1, 0.15) is 175 Å². The van der Waals surface area contributed by atoms with Crippen LogP contribution in [0.2, 0.25) is 0 Å². The van der Waals surface area contributed by atoms with Gasteiger partial charge >= 0.3 is 0 Å². The monoisotopic (exact) mass is 750 g/mol. The van der Waals surface area contributed by atoms with Crippen LogP contribution in [0.25, 0.3) is 0 Å². The van der Waals surface area contributed by atoms with Crippen LogP contribution in [0.5, 0.6) is 0 Å². The Bertz CT molecular complexity index is 1100. The smallest absolute Gasteiger partial charge is 0.218 e. The van der Waals surface area contributed by atoms with Crippen molar-refractivity contribution in [1.29, 1.82) is 0 Å². The van der Waals surface area contributed by atoms with Gasteiger partial charge in [0.15, 0.2) is 0 Å². The van der Waals surface area contributed by atoms with Crippen LogP contribution in [-0.2, 0) is 40.0 Å². The molecule has 0 aliphatic rings. The van der Waals surface area contributed by atoms with Crippen molar-refractivity contribution in [1.82, 2.24) is 4.90 Å². The lowest BCUT2D eigenvalue weighted by Gasteiger charge is -2.14. The Morgan fingerprint density at radius 1 is 0.585 bits per heavy atom. The zero-order valence-corrected chi connectivity index (χ0v) is 37.8. The second kappa shape index (κ2) is 39.9. The number of nitrogens with zero attached hydrogens (tertiary/aromatic N) is 1. The molecule has 1 atom stereocenters. The molecule has 1 aromatic rings. The van der Waals surface area contributed by atoms with Crippen molar-refractivity contribution in [2.75, 3.05) is 14.1 Å². The summed E-state index contributed by atoms with van der Waals surface area (Å²) in [5, 5.41) is 0. The van der Waals surface area contributed by atoms with E-state index in [9.17, 15) is 33.6 Å². The molecule has 0 spiro atoms. The second-order valence-electron chi connectivity index (χ2n) is 16.0. The quantitative estimate of drug-likeness (QED) is 0.197. The molecule has 8 heteroatoms. The third-order valence-electron chi connectivity index (χ3n) is 6.41. The summed E-state index contributed by atoms with van der Waals surface area (Å²) in [5.74, 6) is 3.54. The molecule has 0 aromatic heterocycles. The average molecular weight is 750 g/mol. The first kappa shape index (κ1) is 61.7. The molecule has 0 fully saturated rings. The van der Waals surface area contributed by atoms with Crippen molar-refractivity contribution in [3.8, 4) is 0 Å².